The summed E-state index contributed by atoms with van der Waals surface area (Å²) >= 11 is 0. The van der Waals surface area contributed by atoms with Crippen molar-refractivity contribution >= 4 is 6.08 Å². The van der Waals surface area contributed by atoms with Crippen LogP contribution in [0.2, 0.25) is 0 Å². The predicted molar refractivity (Wildman–Crippen MR) is 71.9 cm³/mol. The first-order valence-electron chi connectivity index (χ1n) is 6.90. The SMILES string of the molecule is CC1CCC(c2ccc(C=CC(F)(F)F)c(F)c2)CC1. The number of alkyl halides is 3. The fourth-order valence-electron chi connectivity index (χ4n) is 2.71. The molecule has 0 spiro atoms. The predicted octanol–water partition coefficient (Wildman–Crippen LogP) is 5.69. The molecule has 0 aliphatic heterocycles. The van der Waals surface area contributed by atoms with Gasteiger partial charge in [-0.15, -0.1) is 0 Å². The fraction of sp³-hybridized carbons (Fsp3) is 0.500. The van der Waals surface area contributed by atoms with Crippen LogP contribution in [0, 0.1) is 11.7 Å². The molecule has 20 heavy (non-hydrogen) atoms. The van der Waals surface area contributed by atoms with Gasteiger partial charge >= 0.3 is 6.18 Å². The molecule has 2 rings (SSSR count). The lowest BCUT2D eigenvalue weighted by atomic mass is 9.79. The molecule has 1 aliphatic rings. The second-order valence-corrected chi connectivity index (χ2v) is 5.61. The lowest BCUT2D eigenvalue weighted by Gasteiger charge is -2.26. The highest BCUT2D eigenvalue weighted by Gasteiger charge is 2.23. The molecule has 0 bridgehead atoms. The van der Waals surface area contributed by atoms with Gasteiger partial charge in [0.1, 0.15) is 5.82 Å². The number of halogens is 4. The van der Waals surface area contributed by atoms with Crippen LogP contribution in [-0.2, 0) is 0 Å². The quantitative estimate of drug-likeness (QED) is 0.612. The fourth-order valence-corrected chi connectivity index (χ4v) is 2.71. The van der Waals surface area contributed by atoms with Gasteiger partial charge in [0, 0.05) is 11.6 Å². The van der Waals surface area contributed by atoms with Crippen LogP contribution in [0.5, 0.6) is 0 Å². The van der Waals surface area contributed by atoms with E-state index in [1.807, 2.05) is 0 Å². The Labute approximate surface area is 116 Å². The molecule has 0 atom stereocenters. The number of rotatable bonds is 2. The molecule has 1 aliphatic carbocycles. The third-order valence-corrected chi connectivity index (χ3v) is 3.96. The first-order chi connectivity index (χ1) is 9.35. The largest absolute Gasteiger partial charge is 0.409 e. The number of benzene rings is 1. The molecule has 0 heterocycles. The Balaban J connectivity index is 2.12. The van der Waals surface area contributed by atoms with Crippen molar-refractivity contribution in [2.24, 2.45) is 5.92 Å². The van der Waals surface area contributed by atoms with Gasteiger partial charge in [-0.3, -0.25) is 0 Å². The summed E-state index contributed by atoms with van der Waals surface area (Å²) in [6.45, 7) is 2.21. The van der Waals surface area contributed by atoms with E-state index in [-0.39, 0.29) is 11.6 Å². The van der Waals surface area contributed by atoms with Crippen LogP contribution >= 0.6 is 0 Å². The van der Waals surface area contributed by atoms with Crippen LogP contribution in [0.3, 0.4) is 0 Å². The van der Waals surface area contributed by atoms with Gasteiger partial charge in [0.25, 0.3) is 0 Å². The van der Waals surface area contributed by atoms with E-state index >= 15 is 0 Å². The van der Waals surface area contributed by atoms with Crippen molar-refractivity contribution in [1.82, 2.24) is 0 Å². The Morgan fingerprint density at radius 3 is 2.30 bits per heavy atom. The molecule has 1 aromatic rings. The minimum atomic E-state index is -4.41. The Morgan fingerprint density at radius 1 is 1.10 bits per heavy atom. The zero-order valence-corrected chi connectivity index (χ0v) is 11.4. The maximum absolute atomic E-state index is 13.8. The Hall–Kier alpha value is -1.32. The van der Waals surface area contributed by atoms with Crippen LogP contribution in [0.1, 0.15) is 49.7 Å². The van der Waals surface area contributed by atoms with Gasteiger partial charge in [-0.1, -0.05) is 31.9 Å². The zero-order chi connectivity index (χ0) is 14.8. The number of hydrogen-bond acceptors (Lipinski definition) is 0. The summed E-state index contributed by atoms with van der Waals surface area (Å²) in [6.07, 6.45) is 0.737. The van der Waals surface area contributed by atoms with Crippen LogP contribution in [-0.4, -0.2) is 6.18 Å². The van der Waals surface area contributed by atoms with Crippen molar-refractivity contribution in [1.29, 1.82) is 0 Å². The molecule has 1 saturated carbocycles. The highest BCUT2D eigenvalue weighted by molar-refractivity contribution is 5.51. The smallest absolute Gasteiger partial charge is 0.206 e. The lowest BCUT2D eigenvalue weighted by Crippen LogP contribution is -2.11. The van der Waals surface area contributed by atoms with Crippen molar-refractivity contribution < 1.29 is 17.6 Å². The standard InChI is InChI=1S/C16H18F4/c1-11-2-4-12(5-3-11)14-7-6-13(15(17)10-14)8-9-16(18,19)20/h6-12H,2-5H2,1H3. The summed E-state index contributed by atoms with van der Waals surface area (Å²) < 4.78 is 50.0. The molecule has 0 nitrogen and oxygen atoms in total. The van der Waals surface area contributed by atoms with Gasteiger partial charge in [0.2, 0.25) is 0 Å². The van der Waals surface area contributed by atoms with Crippen molar-refractivity contribution in [2.75, 3.05) is 0 Å². The van der Waals surface area contributed by atoms with Gasteiger partial charge in [-0.2, -0.15) is 13.2 Å². The second kappa shape index (κ2) is 5.98. The topological polar surface area (TPSA) is 0 Å². The van der Waals surface area contributed by atoms with Crippen molar-refractivity contribution in [2.45, 2.75) is 44.7 Å². The second-order valence-electron chi connectivity index (χ2n) is 5.61. The maximum Gasteiger partial charge on any atom is 0.409 e. The Morgan fingerprint density at radius 2 is 1.75 bits per heavy atom. The summed E-state index contributed by atoms with van der Waals surface area (Å²) in [6, 6.07) is 4.57. The van der Waals surface area contributed by atoms with E-state index in [1.54, 1.807) is 6.07 Å². The molecule has 0 N–H and O–H groups in total. The van der Waals surface area contributed by atoms with E-state index in [4.69, 9.17) is 0 Å². The first-order valence-corrected chi connectivity index (χ1v) is 6.90. The Bertz CT molecular complexity index is 480. The van der Waals surface area contributed by atoms with Gasteiger partial charge in [-0.05, 0) is 42.4 Å². The average Bonchev–Trinajstić information content (AvgIpc) is 2.37. The Kier molecular flexibility index (Phi) is 4.51. The number of hydrogen-bond donors (Lipinski definition) is 0. The van der Waals surface area contributed by atoms with Crippen LogP contribution < -0.4 is 0 Å². The van der Waals surface area contributed by atoms with Crippen molar-refractivity contribution in [3.05, 3.63) is 41.2 Å². The molecule has 4 heteroatoms. The summed E-state index contributed by atoms with van der Waals surface area (Å²) in [5.74, 6) is 0.466. The first kappa shape index (κ1) is 15.1. The van der Waals surface area contributed by atoms with E-state index in [0.29, 0.717) is 11.8 Å². The highest BCUT2D eigenvalue weighted by Crippen LogP contribution is 2.36. The maximum atomic E-state index is 13.8. The summed E-state index contributed by atoms with van der Waals surface area (Å²) in [5, 5.41) is 0. The van der Waals surface area contributed by atoms with Crippen molar-refractivity contribution in [3.63, 3.8) is 0 Å². The molecule has 110 valence electrons. The molecule has 0 radical (unpaired) electrons. The molecular formula is C16H18F4. The monoisotopic (exact) mass is 286 g/mol. The lowest BCUT2D eigenvalue weighted by molar-refractivity contribution is -0.0790. The average molecular weight is 286 g/mol. The van der Waals surface area contributed by atoms with E-state index in [0.717, 1.165) is 37.3 Å². The van der Waals surface area contributed by atoms with Gasteiger partial charge in [-0.25, -0.2) is 4.39 Å². The van der Waals surface area contributed by atoms with Gasteiger partial charge in [0.05, 0.1) is 0 Å². The van der Waals surface area contributed by atoms with Crippen molar-refractivity contribution in [3.8, 4) is 0 Å². The van der Waals surface area contributed by atoms with Gasteiger partial charge < -0.3 is 0 Å². The highest BCUT2D eigenvalue weighted by atomic mass is 19.4. The van der Waals surface area contributed by atoms with Crippen LogP contribution in [0.4, 0.5) is 17.6 Å². The third kappa shape index (κ3) is 4.09. The summed E-state index contributed by atoms with van der Waals surface area (Å²) in [7, 11) is 0. The minimum absolute atomic E-state index is 0.0183. The molecular weight excluding hydrogens is 268 g/mol. The van der Waals surface area contributed by atoms with Crippen LogP contribution in [0.15, 0.2) is 24.3 Å². The van der Waals surface area contributed by atoms with Crippen LogP contribution in [0.25, 0.3) is 6.08 Å². The van der Waals surface area contributed by atoms with E-state index < -0.39 is 12.0 Å². The molecule has 1 fully saturated rings. The normalized spacial score (nSPS) is 24.2. The minimum Gasteiger partial charge on any atom is -0.206 e. The summed E-state index contributed by atoms with van der Waals surface area (Å²) in [4.78, 5) is 0. The molecule has 0 unspecified atom stereocenters. The molecule has 0 amide bonds. The molecule has 1 aromatic carbocycles. The summed E-state index contributed by atoms with van der Waals surface area (Å²) in [5.41, 5.74) is 0.883. The van der Waals surface area contributed by atoms with E-state index in [9.17, 15) is 17.6 Å². The molecule has 0 aromatic heterocycles. The van der Waals surface area contributed by atoms with Gasteiger partial charge in [0.15, 0.2) is 0 Å². The molecule has 0 saturated heterocycles. The number of allylic oxidation sites excluding steroid dienone is 1. The van der Waals surface area contributed by atoms with E-state index in [1.165, 1.54) is 12.1 Å². The van der Waals surface area contributed by atoms with E-state index in [2.05, 4.69) is 6.92 Å². The third-order valence-electron chi connectivity index (χ3n) is 3.96. The zero-order valence-electron chi connectivity index (χ0n) is 11.4.